The molecule has 0 fully saturated rings. The average molecular weight is 334 g/mol. The number of nitriles is 1. The van der Waals surface area contributed by atoms with E-state index < -0.39 is 5.91 Å². The number of hydrogen-bond donors (Lipinski definition) is 1. The Bertz CT molecular complexity index is 800. The summed E-state index contributed by atoms with van der Waals surface area (Å²) in [6, 6.07) is 10.4. The highest BCUT2D eigenvalue weighted by Crippen LogP contribution is 2.25. The summed E-state index contributed by atoms with van der Waals surface area (Å²) in [6.45, 7) is 1.94. The molecule has 2 aromatic rings. The number of nitrogens with zero attached hydrogens (tertiary/aromatic N) is 2. The monoisotopic (exact) mass is 333 g/mol. The Balaban J connectivity index is 2.24. The van der Waals surface area contributed by atoms with Crippen molar-refractivity contribution in [2.24, 2.45) is 7.05 Å². The summed E-state index contributed by atoms with van der Waals surface area (Å²) in [5.74, 6) is -0.500. The van der Waals surface area contributed by atoms with Gasteiger partial charge in [-0.3, -0.25) is 4.79 Å². The molecule has 112 valence electrons. The second kappa shape index (κ2) is 6.69. The number of amides is 1. The van der Waals surface area contributed by atoms with Gasteiger partial charge >= 0.3 is 0 Å². The molecule has 0 unspecified atom stereocenters. The first-order chi connectivity index (χ1) is 10.4. The molecule has 1 heterocycles. The number of anilines is 1. The Morgan fingerprint density at radius 3 is 2.55 bits per heavy atom. The molecule has 4 nitrogen and oxygen atoms in total. The first-order valence-corrected chi connectivity index (χ1v) is 7.18. The van der Waals surface area contributed by atoms with Crippen LogP contribution in [0.1, 0.15) is 11.4 Å². The van der Waals surface area contributed by atoms with Crippen molar-refractivity contribution in [1.29, 1.82) is 5.26 Å². The highest BCUT2D eigenvalue weighted by atomic mass is 35.5. The number of benzene rings is 1. The van der Waals surface area contributed by atoms with Gasteiger partial charge < -0.3 is 9.88 Å². The lowest BCUT2D eigenvalue weighted by atomic mass is 10.2. The molecule has 1 aromatic carbocycles. The minimum absolute atomic E-state index is 0.00673. The maximum Gasteiger partial charge on any atom is 0.266 e. The van der Waals surface area contributed by atoms with E-state index in [0.717, 1.165) is 11.4 Å². The van der Waals surface area contributed by atoms with E-state index in [9.17, 15) is 10.1 Å². The third-order valence-electron chi connectivity index (χ3n) is 3.25. The van der Waals surface area contributed by atoms with Crippen LogP contribution in [0.25, 0.3) is 6.08 Å². The van der Waals surface area contributed by atoms with Gasteiger partial charge in [0.2, 0.25) is 0 Å². The second-order valence-corrected chi connectivity index (χ2v) is 5.53. The third-order valence-corrected chi connectivity index (χ3v) is 3.99. The van der Waals surface area contributed by atoms with Gasteiger partial charge in [0, 0.05) is 24.1 Å². The zero-order valence-electron chi connectivity index (χ0n) is 12.0. The quantitative estimate of drug-likeness (QED) is 0.676. The zero-order chi connectivity index (χ0) is 16.3. The van der Waals surface area contributed by atoms with Gasteiger partial charge in [-0.1, -0.05) is 23.2 Å². The Labute approximate surface area is 138 Å². The fourth-order valence-electron chi connectivity index (χ4n) is 1.85. The first kappa shape index (κ1) is 16.2. The molecule has 0 spiro atoms. The van der Waals surface area contributed by atoms with E-state index in [-0.39, 0.29) is 5.57 Å². The Morgan fingerprint density at radius 2 is 2.00 bits per heavy atom. The number of carbonyl (C=O) groups excluding carboxylic acids is 1. The Morgan fingerprint density at radius 1 is 1.27 bits per heavy atom. The van der Waals surface area contributed by atoms with Crippen molar-refractivity contribution >= 4 is 40.9 Å². The lowest BCUT2D eigenvalue weighted by Crippen LogP contribution is -2.13. The van der Waals surface area contributed by atoms with Crippen LogP contribution in [0.5, 0.6) is 0 Å². The lowest BCUT2D eigenvalue weighted by molar-refractivity contribution is -0.112. The van der Waals surface area contributed by atoms with Crippen LogP contribution in [0.15, 0.2) is 35.9 Å². The molecule has 1 amide bonds. The minimum Gasteiger partial charge on any atom is -0.348 e. The van der Waals surface area contributed by atoms with Crippen molar-refractivity contribution in [3.05, 3.63) is 57.3 Å². The standard InChI is InChI=1S/C16H13Cl2N3O/c1-10-3-5-13(21(10)2)7-11(9-19)16(22)20-12-4-6-14(17)15(18)8-12/h3-8H,1-2H3,(H,20,22)/b11-7-. The smallest absolute Gasteiger partial charge is 0.266 e. The molecule has 0 bridgehead atoms. The molecule has 1 N–H and O–H groups in total. The van der Waals surface area contributed by atoms with Gasteiger partial charge in [-0.15, -0.1) is 0 Å². The molecule has 0 aliphatic carbocycles. The third kappa shape index (κ3) is 3.51. The van der Waals surface area contributed by atoms with Crippen LogP contribution in [-0.4, -0.2) is 10.5 Å². The van der Waals surface area contributed by atoms with Crippen LogP contribution in [-0.2, 0) is 11.8 Å². The summed E-state index contributed by atoms with van der Waals surface area (Å²) in [4.78, 5) is 12.2. The van der Waals surface area contributed by atoms with E-state index in [0.29, 0.717) is 15.7 Å². The largest absolute Gasteiger partial charge is 0.348 e. The van der Waals surface area contributed by atoms with Crippen LogP contribution in [0.4, 0.5) is 5.69 Å². The molecule has 1 aromatic heterocycles. The van der Waals surface area contributed by atoms with Gasteiger partial charge in [-0.2, -0.15) is 5.26 Å². The van der Waals surface area contributed by atoms with Gasteiger partial charge in [0.05, 0.1) is 10.0 Å². The number of aromatic nitrogens is 1. The summed E-state index contributed by atoms with van der Waals surface area (Å²) < 4.78 is 1.89. The van der Waals surface area contributed by atoms with Crippen LogP contribution in [0.3, 0.4) is 0 Å². The molecular weight excluding hydrogens is 321 g/mol. The van der Waals surface area contributed by atoms with E-state index in [1.165, 1.54) is 6.07 Å². The molecule has 0 radical (unpaired) electrons. The second-order valence-electron chi connectivity index (χ2n) is 4.71. The molecular formula is C16H13Cl2N3O. The van der Waals surface area contributed by atoms with E-state index in [1.807, 2.05) is 36.7 Å². The number of nitrogens with one attached hydrogen (secondary N) is 1. The molecule has 0 atom stereocenters. The van der Waals surface area contributed by atoms with E-state index in [2.05, 4.69) is 5.32 Å². The van der Waals surface area contributed by atoms with Crippen molar-refractivity contribution in [2.75, 3.05) is 5.32 Å². The fraction of sp³-hybridized carbons (Fsp3) is 0.125. The van der Waals surface area contributed by atoms with Crippen LogP contribution < -0.4 is 5.32 Å². The van der Waals surface area contributed by atoms with E-state index >= 15 is 0 Å². The predicted octanol–water partition coefficient (Wildman–Crippen LogP) is 4.19. The van der Waals surface area contributed by atoms with Gasteiger partial charge in [-0.05, 0) is 43.3 Å². The molecule has 2 rings (SSSR count). The van der Waals surface area contributed by atoms with Crippen molar-refractivity contribution in [2.45, 2.75) is 6.92 Å². The molecule has 0 saturated carbocycles. The number of aryl methyl sites for hydroxylation is 1. The molecule has 0 saturated heterocycles. The van der Waals surface area contributed by atoms with Crippen molar-refractivity contribution in [3.63, 3.8) is 0 Å². The number of hydrogen-bond acceptors (Lipinski definition) is 2. The van der Waals surface area contributed by atoms with E-state index in [4.69, 9.17) is 23.2 Å². The lowest BCUT2D eigenvalue weighted by Gasteiger charge is -2.06. The highest BCUT2D eigenvalue weighted by molar-refractivity contribution is 6.42. The molecule has 0 aliphatic rings. The summed E-state index contributed by atoms with van der Waals surface area (Å²) in [5, 5.41) is 12.6. The maximum atomic E-state index is 12.2. The highest BCUT2D eigenvalue weighted by Gasteiger charge is 2.11. The molecule has 22 heavy (non-hydrogen) atoms. The van der Waals surface area contributed by atoms with Crippen LogP contribution in [0, 0.1) is 18.3 Å². The Hall–Kier alpha value is -2.22. The number of halogens is 2. The van der Waals surface area contributed by atoms with Crippen LogP contribution >= 0.6 is 23.2 Å². The first-order valence-electron chi connectivity index (χ1n) is 6.43. The summed E-state index contributed by atoms with van der Waals surface area (Å²) in [5.41, 5.74) is 2.29. The Kier molecular flexibility index (Phi) is 4.92. The minimum atomic E-state index is -0.500. The normalized spacial score (nSPS) is 11.1. The zero-order valence-corrected chi connectivity index (χ0v) is 13.5. The van der Waals surface area contributed by atoms with Crippen LogP contribution in [0.2, 0.25) is 10.0 Å². The fourth-order valence-corrected chi connectivity index (χ4v) is 2.15. The number of carbonyl (C=O) groups is 1. The SMILES string of the molecule is Cc1ccc(/C=C(/C#N)C(=O)Nc2ccc(Cl)c(Cl)c2)n1C. The molecule has 6 heteroatoms. The predicted molar refractivity (Wildman–Crippen MR) is 88.8 cm³/mol. The topological polar surface area (TPSA) is 57.8 Å². The summed E-state index contributed by atoms with van der Waals surface area (Å²) in [7, 11) is 1.87. The van der Waals surface area contributed by atoms with Gasteiger partial charge in [0.25, 0.3) is 5.91 Å². The van der Waals surface area contributed by atoms with Gasteiger partial charge in [-0.25, -0.2) is 0 Å². The maximum absolute atomic E-state index is 12.2. The summed E-state index contributed by atoms with van der Waals surface area (Å²) in [6.07, 6.45) is 1.54. The number of rotatable bonds is 3. The molecule has 0 aliphatic heterocycles. The van der Waals surface area contributed by atoms with Crippen molar-refractivity contribution in [3.8, 4) is 6.07 Å². The average Bonchev–Trinajstić information content (AvgIpc) is 2.80. The van der Waals surface area contributed by atoms with Gasteiger partial charge in [0.1, 0.15) is 11.6 Å². The van der Waals surface area contributed by atoms with Gasteiger partial charge in [0.15, 0.2) is 0 Å². The van der Waals surface area contributed by atoms with Crippen molar-refractivity contribution < 1.29 is 4.79 Å². The van der Waals surface area contributed by atoms with Crippen molar-refractivity contribution in [1.82, 2.24) is 4.57 Å². The summed E-state index contributed by atoms with van der Waals surface area (Å²) >= 11 is 11.7. The van der Waals surface area contributed by atoms with E-state index in [1.54, 1.807) is 18.2 Å².